The molecule has 14 heavy (non-hydrogen) atoms. The van der Waals surface area contributed by atoms with Crippen LogP contribution in [0.25, 0.3) is 0 Å². The predicted octanol–water partition coefficient (Wildman–Crippen LogP) is 4.09. The van der Waals surface area contributed by atoms with Gasteiger partial charge in [0.25, 0.3) is 0 Å². The number of carbonyl (C=O) groups is 1. The highest BCUT2D eigenvalue weighted by molar-refractivity contribution is 6.44. The van der Waals surface area contributed by atoms with Crippen LogP contribution >= 0.6 is 34.8 Å². The second-order valence-corrected chi connectivity index (χ2v) is 3.63. The molecular formula is C8H3Cl3F2O. The minimum atomic E-state index is -3.11. The Hall–Kier alpha value is -0.380. The SMILES string of the molecule is O=C(c1cc(Cl)c(Cl)cc1Cl)C(F)F. The number of alkyl halides is 2. The summed E-state index contributed by atoms with van der Waals surface area (Å²) in [5, 5.41) is -0.00718. The molecule has 0 heterocycles. The lowest BCUT2D eigenvalue weighted by atomic mass is 10.1. The van der Waals surface area contributed by atoms with Gasteiger partial charge in [0.1, 0.15) is 0 Å². The van der Waals surface area contributed by atoms with Gasteiger partial charge in [-0.3, -0.25) is 4.79 Å². The van der Waals surface area contributed by atoms with Crippen molar-refractivity contribution in [3.63, 3.8) is 0 Å². The van der Waals surface area contributed by atoms with Gasteiger partial charge in [0.15, 0.2) is 0 Å². The maximum absolute atomic E-state index is 12.0. The van der Waals surface area contributed by atoms with Crippen LogP contribution in [0.5, 0.6) is 0 Å². The third kappa shape index (κ3) is 2.35. The Morgan fingerprint density at radius 2 is 1.57 bits per heavy atom. The van der Waals surface area contributed by atoms with Crippen LogP contribution in [0.4, 0.5) is 8.78 Å². The summed E-state index contributed by atoms with van der Waals surface area (Å²) in [6.07, 6.45) is -3.11. The molecule has 0 aliphatic carbocycles. The Morgan fingerprint density at radius 1 is 1.07 bits per heavy atom. The number of carbonyl (C=O) groups excluding carboxylic acids is 1. The molecule has 0 aromatic heterocycles. The first-order valence-electron chi connectivity index (χ1n) is 3.40. The molecule has 0 fully saturated rings. The van der Waals surface area contributed by atoms with Crippen molar-refractivity contribution in [2.45, 2.75) is 6.43 Å². The van der Waals surface area contributed by atoms with Crippen LogP contribution in [-0.2, 0) is 0 Å². The van der Waals surface area contributed by atoms with Gasteiger partial charge in [0.2, 0.25) is 5.78 Å². The van der Waals surface area contributed by atoms with Crippen LogP contribution in [0.15, 0.2) is 12.1 Å². The minimum Gasteiger partial charge on any atom is -0.288 e. The summed E-state index contributed by atoms with van der Waals surface area (Å²) < 4.78 is 24.1. The van der Waals surface area contributed by atoms with Crippen molar-refractivity contribution in [1.82, 2.24) is 0 Å². The molecule has 1 aromatic carbocycles. The molecule has 0 saturated carbocycles. The van der Waals surface area contributed by atoms with Crippen molar-refractivity contribution >= 4 is 40.6 Å². The van der Waals surface area contributed by atoms with Crippen molar-refractivity contribution in [1.29, 1.82) is 0 Å². The van der Waals surface area contributed by atoms with Crippen molar-refractivity contribution in [2.75, 3.05) is 0 Å². The van der Waals surface area contributed by atoms with E-state index in [0.717, 1.165) is 12.1 Å². The number of rotatable bonds is 2. The first kappa shape index (κ1) is 11.7. The average Bonchev–Trinajstić information content (AvgIpc) is 2.10. The topological polar surface area (TPSA) is 17.1 Å². The van der Waals surface area contributed by atoms with Gasteiger partial charge in [-0.25, -0.2) is 8.78 Å². The molecular weight excluding hydrogens is 256 g/mol. The van der Waals surface area contributed by atoms with E-state index in [1.165, 1.54) is 0 Å². The Balaban J connectivity index is 3.22. The molecule has 0 amide bonds. The molecule has 0 bridgehead atoms. The molecule has 0 saturated heterocycles. The van der Waals surface area contributed by atoms with E-state index in [4.69, 9.17) is 34.8 Å². The molecule has 0 N–H and O–H groups in total. The molecule has 1 rings (SSSR count). The zero-order valence-electron chi connectivity index (χ0n) is 6.53. The van der Waals surface area contributed by atoms with Crippen LogP contribution in [0, 0.1) is 0 Å². The zero-order chi connectivity index (χ0) is 10.9. The van der Waals surface area contributed by atoms with Gasteiger partial charge in [0, 0.05) is 5.56 Å². The van der Waals surface area contributed by atoms with Crippen LogP contribution in [0.2, 0.25) is 15.1 Å². The van der Waals surface area contributed by atoms with Crippen molar-refractivity contribution in [3.05, 3.63) is 32.8 Å². The Kier molecular flexibility index (Phi) is 3.70. The lowest BCUT2D eigenvalue weighted by Crippen LogP contribution is -2.10. The van der Waals surface area contributed by atoms with Gasteiger partial charge in [-0.15, -0.1) is 0 Å². The van der Waals surface area contributed by atoms with Gasteiger partial charge in [-0.1, -0.05) is 34.8 Å². The zero-order valence-corrected chi connectivity index (χ0v) is 8.80. The Bertz CT molecular complexity index is 379. The fourth-order valence-electron chi connectivity index (χ4n) is 0.829. The monoisotopic (exact) mass is 258 g/mol. The first-order chi connectivity index (χ1) is 6.43. The van der Waals surface area contributed by atoms with Gasteiger partial charge in [0.05, 0.1) is 15.1 Å². The Morgan fingerprint density at radius 3 is 2.07 bits per heavy atom. The van der Waals surface area contributed by atoms with Gasteiger partial charge in [-0.2, -0.15) is 0 Å². The third-order valence-electron chi connectivity index (χ3n) is 1.47. The van der Waals surface area contributed by atoms with E-state index in [1.807, 2.05) is 0 Å². The predicted molar refractivity (Wildman–Crippen MR) is 51.8 cm³/mol. The second-order valence-electron chi connectivity index (χ2n) is 2.41. The summed E-state index contributed by atoms with van der Waals surface area (Å²) in [4.78, 5) is 10.9. The highest BCUT2D eigenvalue weighted by Crippen LogP contribution is 2.29. The molecule has 0 unspecified atom stereocenters. The third-order valence-corrected chi connectivity index (χ3v) is 2.51. The lowest BCUT2D eigenvalue weighted by Gasteiger charge is -2.04. The fraction of sp³-hybridized carbons (Fsp3) is 0.125. The summed E-state index contributed by atoms with van der Waals surface area (Å²) in [6.45, 7) is 0. The molecule has 0 atom stereocenters. The standard InChI is InChI=1S/C8H3Cl3F2O/c9-4-2-6(11)5(10)1-3(4)7(14)8(12)13/h1-2,8H. The molecule has 6 heteroatoms. The molecule has 1 aromatic rings. The van der Waals surface area contributed by atoms with E-state index in [9.17, 15) is 13.6 Å². The van der Waals surface area contributed by atoms with E-state index < -0.39 is 12.2 Å². The maximum Gasteiger partial charge on any atom is 0.300 e. The van der Waals surface area contributed by atoms with Gasteiger partial charge < -0.3 is 0 Å². The molecule has 76 valence electrons. The maximum atomic E-state index is 12.0. The number of Topliss-reactive ketones (excluding diaryl/α,β-unsaturated/α-hetero) is 1. The summed E-state index contributed by atoms with van der Waals surface area (Å²) in [6, 6.07) is 2.18. The van der Waals surface area contributed by atoms with Gasteiger partial charge in [-0.05, 0) is 12.1 Å². The summed E-state index contributed by atoms with van der Waals surface area (Å²) >= 11 is 16.6. The molecule has 0 spiro atoms. The van der Waals surface area contributed by atoms with E-state index >= 15 is 0 Å². The van der Waals surface area contributed by atoms with E-state index in [2.05, 4.69) is 0 Å². The molecule has 1 nitrogen and oxygen atoms in total. The van der Waals surface area contributed by atoms with Crippen molar-refractivity contribution < 1.29 is 13.6 Å². The van der Waals surface area contributed by atoms with Crippen LogP contribution < -0.4 is 0 Å². The van der Waals surface area contributed by atoms with E-state index in [-0.39, 0.29) is 20.6 Å². The number of benzene rings is 1. The minimum absolute atomic E-state index is 0.0140. The van der Waals surface area contributed by atoms with Gasteiger partial charge >= 0.3 is 6.43 Å². The second kappa shape index (κ2) is 4.43. The van der Waals surface area contributed by atoms with Crippen molar-refractivity contribution in [3.8, 4) is 0 Å². The molecule has 0 radical (unpaired) electrons. The number of ketones is 1. The van der Waals surface area contributed by atoms with Crippen molar-refractivity contribution in [2.24, 2.45) is 0 Å². The molecule has 0 aliphatic heterocycles. The normalized spacial score (nSPS) is 10.7. The molecule has 0 aliphatic rings. The highest BCUT2D eigenvalue weighted by atomic mass is 35.5. The average molecular weight is 259 g/mol. The first-order valence-corrected chi connectivity index (χ1v) is 4.53. The largest absolute Gasteiger partial charge is 0.300 e. The quantitative estimate of drug-likeness (QED) is 0.577. The van der Waals surface area contributed by atoms with Crippen LogP contribution in [-0.4, -0.2) is 12.2 Å². The number of hydrogen-bond donors (Lipinski definition) is 0. The number of hydrogen-bond acceptors (Lipinski definition) is 1. The summed E-state index contributed by atoms with van der Waals surface area (Å²) in [5.41, 5.74) is -0.323. The Labute approximate surface area is 93.6 Å². The number of halogens is 5. The fourth-order valence-corrected chi connectivity index (χ4v) is 1.47. The summed E-state index contributed by atoms with van der Waals surface area (Å²) in [7, 11) is 0. The van der Waals surface area contributed by atoms with E-state index in [1.54, 1.807) is 0 Å². The lowest BCUT2D eigenvalue weighted by molar-refractivity contribution is 0.0679. The smallest absolute Gasteiger partial charge is 0.288 e. The van der Waals surface area contributed by atoms with Crippen LogP contribution in [0.3, 0.4) is 0 Å². The highest BCUT2D eigenvalue weighted by Gasteiger charge is 2.21. The van der Waals surface area contributed by atoms with Crippen LogP contribution in [0.1, 0.15) is 10.4 Å². The summed E-state index contributed by atoms with van der Waals surface area (Å²) in [5.74, 6) is -1.37. The van der Waals surface area contributed by atoms with E-state index in [0.29, 0.717) is 0 Å².